The number of nitrogens with one attached hydrogen (secondary N) is 2. The molecule has 0 saturated heterocycles. The van der Waals surface area contributed by atoms with Crippen molar-refractivity contribution in [2.24, 2.45) is 0 Å². The number of H-pyrrole nitrogens is 1. The van der Waals surface area contributed by atoms with Gasteiger partial charge in [0.1, 0.15) is 0 Å². The van der Waals surface area contributed by atoms with Crippen LogP contribution in [-0.2, 0) is 5.41 Å². The number of carbonyl (C=O) groups is 1. The van der Waals surface area contributed by atoms with E-state index in [1.54, 1.807) is 6.20 Å². The second-order valence-corrected chi connectivity index (χ2v) is 5.12. The summed E-state index contributed by atoms with van der Waals surface area (Å²) in [6.07, 6.45) is 5.28. The summed E-state index contributed by atoms with van der Waals surface area (Å²) in [5, 5.41) is 2.92. The van der Waals surface area contributed by atoms with Crippen molar-refractivity contribution < 1.29 is 4.79 Å². The van der Waals surface area contributed by atoms with Crippen LogP contribution in [0.25, 0.3) is 0 Å². The normalized spacial score (nSPS) is 15.6. The molecule has 0 spiro atoms. The first kappa shape index (κ1) is 12.6. The Hall–Kier alpha value is -2.43. The third-order valence-corrected chi connectivity index (χ3v) is 3.70. The van der Waals surface area contributed by atoms with Gasteiger partial charge in [-0.2, -0.15) is 0 Å². The van der Waals surface area contributed by atoms with E-state index >= 15 is 0 Å². The van der Waals surface area contributed by atoms with Crippen molar-refractivity contribution in [2.45, 2.75) is 18.3 Å². The van der Waals surface area contributed by atoms with Crippen molar-refractivity contribution in [1.29, 1.82) is 0 Å². The van der Waals surface area contributed by atoms with Crippen LogP contribution in [0, 0.1) is 0 Å². The highest BCUT2D eigenvalue weighted by Gasteiger charge is 2.45. The molecule has 5 nitrogen and oxygen atoms in total. The van der Waals surface area contributed by atoms with Crippen LogP contribution < -0.4 is 10.9 Å². The Balaban J connectivity index is 1.67. The van der Waals surface area contributed by atoms with Gasteiger partial charge in [0, 0.05) is 36.1 Å². The Morgan fingerprint density at radius 2 is 2.15 bits per heavy atom. The van der Waals surface area contributed by atoms with E-state index in [0.717, 1.165) is 18.5 Å². The van der Waals surface area contributed by atoms with Crippen molar-refractivity contribution >= 4 is 5.91 Å². The van der Waals surface area contributed by atoms with Crippen LogP contribution in [0.15, 0.2) is 47.5 Å². The van der Waals surface area contributed by atoms with Gasteiger partial charge in [-0.15, -0.1) is 0 Å². The zero-order chi connectivity index (χ0) is 14.0. The van der Waals surface area contributed by atoms with Crippen molar-refractivity contribution in [2.75, 3.05) is 6.54 Å². The predicted molar refractivity (Wildman–Crippen MR) is 74.5 cm³/mol. The Labute approximate surface area is 116 Å². The van der Waals surface area contributed by atoms with Crippen LogP contribution in [0.3, 0.4) is 0 Å². The first-order valence-corrected chi connectivity index (χ1v) is 6.58. The van der Waals surface area contributed by atoms with Crippen molar-refractivity contribution in [3.8, 4) is 0 Å². The number of carbonyl (C=O) groups excluding carboxylic acids is 1. The number of pyridine rings is 2. The Bertz CT molecular complexity index is 655. The minimum atomic E-state index is -0.214. The molecule has 0 aromatic carbocycles. The summed E-state index contributed by atoms with van der Waals surface area (Å²) in [6.45, 7) is 0.571. The van der Waals surface area contributed by atoms with Crippen LogP contribution in [0.4, 0.5) is 0 Å². The molecule has 1 aliphatic carbocycles. The predicted octanol–water partition coefficient (Wildman–Crippen LogP) is 1.23. The number of hydrogen-bond acceptors (Lipinski definition) is 3. The maximum absolute atomic E-state index is 12.0. The summed E-state index contributed by atoms with van der Waals surface area (Å²) in [7, 11) is 0. The van der Waals surface area contributed by atoms with Gasteiger partial charge in [0.15, 0.2) is 0 Å². The number of aromatic nitrogens is 2. The number of aromatic amines is 1. The van der Waals surface area contributed by atoms with Gasteiger partial charge in [0.05, 0.1) is 5.56 Å². The van der Waals surface area contributed by atoms with Crippen LogP contribution in [0.1, 0.15) is 28.9 Å². The zero-order valence-corrected chi connectivity index (χ0v) is 10.9. The highest BCUT2D eigenvalue weighted by molar-refractivity contribution is 5.93. The lowest BCUT2D eigenvalue weighted by Gasteiger charge is -2.15. The number of nitrogens with zero attached hydrogens (tertiary/aromatic N) is 1. The van der Waals surface area contributed by atoms with Crippen molar-refractivity contribution in [3.05, 3.63) is 64.3 Å². The Morgan fingerprint density at radius 3 is 2.75 bits per heavy atom. The smallest absolute Gasteiger partial charge is 0.252 e. The largest absolute Gasteiger partial charge is 0.351 e. The lowest BCUT2D eigenvalue weighted by Crippen LogP contribution is -2.33. The fourth-order valence-corrected chi connectivity index (χ4v) is 2.25. The summed E-state index contributed by atoms with van der Waals surface area (Å²) in [6, 6.07) is 8.72. The third kappa shape index (κ3) is 2.47. The maximum atomic E-state index is 12.0. The molecule has 20 heavy (non-hydrogen) atoms. The minimum absolute atomic E-state index is 0.0148. The third-order valence-electron chi connectivity index (χ3n) is 3.70. The van der Waals surface area contributed by atoms with Crippen LogP contribution in [0.5, 0.6) is 0 Å². The number of hydrogen-bond donors (Lipinski definition) is 2. The Morgan fingerprint density at radius 1 is 1.30 bits per heavy atom. The molecule has 1 aliphatic rings. The molecule has 1 saturated carbocycles. The molecule has 5 heteroatoms. The van der Waals surface area contributed by atoms with Gasteiger partial charge in [-0.25, -0.2) is 0 Å². The van der Waals surface area contributed by atoms with E-state index in [-0.39, 0.29) is 16.9 Å². The van der Waals surface area contributed by atoms with E-state index in [9.17, 15) is 9.59 Å². The molecule has 0 bridgehead atoms. The first-order chi connectivity index (χ1) is 9.70. The van der Waals surface area contributed by atoms with Gasteiger partial charge in [0.25, 0.3) is 5.91 Å². The molecular weight excluding hydrogens is 254 g/mol. The first-order valence-electron chi connectivity index (χ1n) is 6.58. The summed E-state index contributed by atoms with van der Waals surface area (Å²) < 4.78 is 0. The summed E-state index contributed by atoms with van der Waals surface area (Å²) >= 11 is 0. The van der Waals surface area contributed by atoms with Crippen LogP contribution in [0.2, 0.25) is 0 Å². The lowest BCUT2D eigenvalue weighted by molar-refractivity contribution is 0.0949. The standard InChI is InChI=1S/C15H15N3O2/c19-13-5-4-11(9-17-13)14(20)18-10-15(6-7-15)12-3-1-2-8-16-12/h1-5,8-9H,6-7,10H2,(H,17,19)(H,18,20). The van der Waals surface area contributed by atoms with E-state index in [1.165, 1.54) is 18.3 Å². The molecule has 0 unspecified atom stereocenters. The molecule has 1 fully saturated rings. The topological polar surface area (TPSA) is 74.8 Å². The van der Waals surface area contributed by atoms with Crippen molar-refractivity contribution in [3.63, 3.8) is 0 Å². The molecular formula is C15H15N3O2. The second kappa shape index (κ2) is 4.92. The van der Waals surface area contributed by atoms with E-state index in [0.29, 0.717) is 12.1 Å². The number of rotatable bonds is 4. The fourth-order valence-electron chi connectivity index (χ4n) is 2.25. The zero-order valence-electron chi connectivity index (χ0n) is 10.9. The average Bonchev–Trinajstić information content (AvgIpc) is 3.28. The number of amides is 1. The van der Waals surface area contributed by atoms with Gasteiger partial charge in [-0.05, 0) is 31.0 Å². The molecule has 3 rings (SSSR count). The molecule has 0 radical (unpaired) electrons. The molecule has 1 amide bonds. The highest BCUT2D eigenvalue weighted by Crippen LogP contribution is 2.46. The maximum Gasteiger partial charge on any atom is 0.252 e. The molecule has 2 heterocycles. The monoisotopic (exact) mass is 269 g/mol. The van der Waals surface area contributed by atoms with Gasteiger partial charge in [0.2, 0.25) is 5.56 Å². The molecule has 0 atom stereocenters. The molecule has 2 N–H and O–H groups in total. The van der Waals surface area contributed by atoms with E-state index < -0.39 is 0 Å². The van der Waals surface area contributed by atoms with Gasteiger partial charge in [-0.1, -0.05) is 6.07 Å². The summed E-state index contributed by atoms with van der Waals surface area (Å²) in [5.74, 6) is -0.177. The average molecular weight is 269 g/mol. The molecule has 2 aromatic heterocycles. The van der Waals surface area contributed by atoms with E-state index in [2.05, 4.69) is 15.3 Å². The second-order valence-electron chi connectivity index (χ2n) is 5.12. The SMILES string of the molecule is O=C(NCC1(c2ccccn2)CC1)c1ccc(=O)[nH]c1. The molecule has 0 aliphatic heterocycles. The van der Waals surface area contributed by atoms with Gasteiger partial charge in [-0.3, -0.25) is 14.6 Å². The minimum Gasteiger partial charge on any atom is -0.351 e. The van der Waals surface area contributed by atoms with Gasteiger partial charge < -0.3 is 10.3 Å². The molecule has 2 aromatic rings. The fraction of sp³-hybridized carbons (Fsp3) is 0.267. The lowest BCUT2D eigenvalue weighted by atomic mass is 10.0. The molecule has 102 valence electrons. The van der Waals surface area contributed by atoms with Gasteiger partial charge >= 0.3 is 0 Å². The van der Waals surface area contributed by atoms with E-state index in [4.69, 9.17) is 0 Å². The Kier molecular flexibility index (Phi) is 3.10. The quantitative estimate of drug-likeness (QED) is 0.876. The van der Waals surface area contributed by atoms with Crippen molar-refractivity contribution in [1.82, 2.24) is 15.3 Å². The summed E-state index contributed by atoms with van der Waals surface area (Å²) in [5.41, 5.74) is 1.26. The van der Waals surface area contributed by atoms with E-state index in [1.807, 2.05) is 18.2 Å². The highest BCUT2D eigenvalue weighted by atomic mass is 16.1. The van der Waals surface area contributed by atoms with Crippen LogP contribution >= 0.6 is 0 Å². The van der Waals surface area contributed by atoms with Crippen LogP contribution in [-0.4, -0.2) is 22.4 Å². The summed E-state index contributed by atoms with van der Waals surface area (Å²) in [4.78, 5) is 29.8.